The molecule has 2 aliphatic rings. The molecule has 0 radical (unpaired) electrons. The minimum atomic E-state index is -4.69. The van der Waals surface area contributed by atoms with E-state index in [9.17, 15) is 27.6 Å². The smallest absolute Gasteiger partial charge is 0.416 e. The summed E-state index contributed by atoms with van der Waals surface area (Å²) in [5.41, 5.74) is 6.81. The molecule has 1 aliphatic carbocycles. The van der Waals surface area contributed by atoms with Crippen molar-refractivity contribution in [2.24, 2.45) is 11.7 Å². The van der Waals surface area contributed by atoms with Gasteiger partial charge in [-0.3, -0.25) is 19.5 Å². The predicted molar refractivity (Wildman–Crippen MR) is 161 cm³/mol. The van der Waals surface area contributed by atoms with Crippen molar-refractivity contribution in [2.75, 3.05) is 25.2 Å². The second-order valence-electron chi connectivity index (χ2n) is 10.7. The first-order valence-corrected chi connectivity index (χ1v) is 14.6. The molecule has 3 aromatic rings. The van der Waals surface area contributed by atoms with Crippen molar-refractivity contribution in [1.82, 2.24) is 4.98 Å². The fraction of sp³-hybridized carbons (Fsp3) is 0.294. The molecule has 1 aromatic heterocycles. The molecular formula is C34H32F3N3O6. The summed E-state index contributed by atoms with van der Waals surface area (Å²) in [7, 11) is 1.48. The maximum Gasteiger partial charge on any atom is 0.416 e. The van der Waals surface area contributed by atoms with E-state index in [0.29, 0.717) is 16.9 Å². The number of alkyl halides is 3. The summed E-state index contributed by atoms with van der Waals surface area (Å²) in [4.78, 5) is 47.5. The highest BCUT2D eigenvalue weighted by molar-refractivity contribution is 6.14. The van der Waals surface area contributed by atoms with Crippen LogP contribution in [0, 0.1) is 5.92 Å². The summed E-state index contributed by atoms with van der Waals surface area (Å²) < 4.78 is 57.9. The van der Waals surface area contributed by atoms with Crippen LogP contribution in [0.15, 0.2) is 95.7 Å². The van der Waals surface area contributed by atoms with Crippen molar-refractivity contribution in [3.63, 3.8) is 0 Å². The average Bonchev–Trinajstić information content (AvgIpc) is 3.04. The normalized spacial score (nSPS) is 19.9. The molecule has 9 nitrogen and oxygen atoms in total. The molecule has 0 amide bonds. The Morgan fingerprint density at radius 3 is 2.37 bits per heavy atom. The summed E-state index contributed by atoms with van der Waals surface area (Å²) in [5, 5.41) is 0. The largest absolute Gasteiger partial charge is 0.497 e. The van der Waals surface area contributed by atoms with Gasteiger partial charge in [0.15, 0.2) is 5.78 Å². The number of nitrogens with zero attached hydrogens (tertiary/aromatic N) is 2. The molecule has 240 valence electrons. The third kappa shape index (κ3) is 5.94. The Kier molecular flexibility index (Phi) is 9.17. The Morgan fingerprint density at radius 1 is 1.00 bits per heavy atom. The second-order valence-corrected chi connectivity index (χ2v) is 10.7. The maximum atomic E-state index is 14.8. The SMILES string of the molecule is CCOC(=O)C1=C(N)N(c2cccc(C(F)(F)F)c2)C2=C(C(=O)[C@@H](C(=O)OCC)[C@H](c3cccc(OC)c3)C2)[C@@H]1c1cccnc1. The van der Waals surface area contributed by atoms with Gasteiger partial charge >= 0.3 is 18.1 Å². The van der Waals surface area contributed by atoms with Gasteiger partial charge in [0.1, 0.15) is 17.5 Å². The average molecular weight is 636 g/mol. The van der Waals surface area contributed by atoms with Gasteiger partial charge in [-0.05, 0) is 67.8 Å². The fourth-order valence-electron chi connectivity index (χ4n) is 6.12. The monoisotopic (exact) mass is 635 g/mol. The highest BCUT2D eigenvalue weighted by Gasteiger charge is 2.51. The van der Waals surface area contributed by atoms with Crippen LogP contribution >= 0.6 is 0 Å². The minimum absolute atomic E-state index is 0.00265. The third-order valence-electron chi connectivity index (χ3n) is 8.05. The van der Waals surface area contributed by atoms with Gasteiger partial charge in [0.25, 0.3) is 0 Å². The number of hydrogen-bond donors (Lipinski definition) is 1. The Morgan fingerprint density at radius 2 is 1.72 bits per heavy atom. The number of ether oxygens (including phenoxy) is 3. The van der Waals surface area contributed by atoms with Crippen LogP contribution in [-0.2, 0) is 30.0 Å². The molecule has 3 atom stereocenters. The van der Waals surface area contributed by atoms with E-state index >= 15 is 0 Å². The number of ketones is 1. The highest BCUT2D eigenvalue weighted by Crippen LogP contribution is 2.52. The lowest BCUT2D eigenvalue weighted by Gasteiger charge is -2.44. The van der Waals surface area contributed by atoms with Crippen molar-refractivity contribution in [3.8, 4) is 5.75 Å². The number of carbonyl (C=O) groups excluding carboxylic acids is 3. The fourth-order valence-corrected chi connectivity index (χ4v) is 6.12. The van der Waals surface area contributed by atoms with E-state index in [-0.39, 0.29) is 48.0 Å². The lowest BCUT2D eigenvalue weighted by Crippen LogP contribution is -2.46. The van der Waals surface area contributed by atoms with Gasteiger partial charge < -0.3 is 19.9 Å². The molecule has 2 aromatic carbocycles. The van der Waals surface area contributed by atoms with E-state index in [1.165, 1.54) is 36.5 Å². The van der Waals surface area contributed by atoms with E-state index in [0.717, 1.165) is 12.1 Å². The van der Waals surface area contributed by atoms with Gasteiger partial charge in [-0.15, -0.1) is 0 Å². The summed E-state index contributed by atoms with van der Waals surface area (Å²) >= 11 is 0. The zero-order valence-corrected chi connectivity index (χ0v) is 25.3. The van der Waals surface area contributed by atoms with E-state index < -0.39 is 47.2 Å². The second kappa shape index (κ2) is 13.1. The molecule has 0 saturated heterocycles. The first-order valence-electron chi connectivity index (χ1n) is 14.6. The molecule has 2 N–H and O–H groups in total. The molecule has 46 heavy (non-hydrogen) atoms. The van der Waals surface area contributed by atoms with Crippen molar-refractivity contribution < 1.29 is 41.8 Å². The number of pyridine rings is 1. The zero-order chi connectivity index (χ0) is 33.2. The minimum Gasteiger partial charge on any atom is -0.497 e. The van der Waals surface area contributed by atoms with Crippen LogP contribution in [0.4, 0.5) is 18.9 Å². The quantitative estimate of drug-likeness (QED) is 0.248. The van der Waals surface area contributed by atoms with Crippen LogP contribution in [0.1, 0.15) is 48.8 Å². The first kappa shape index (κ1) is 32.3. The number of aromatic nitrogens is 1. The summed E-state index contributed by atoms with van der Waals surface area (Å²) in [6, 6.07) is 14.5. The van der Waals surface area contributed by atoms with E-state index in [4.69, 9.17) is 19.9 Å². The molecule has 12 heteroatoms. The standard InChI is InChI=1S/C34H32F3N3O6/c1-4-45-32(42)27-24(19-9-6-13-23(15-19)44-3)17-25-28(30(27)41)26(20-10-8-14-39-18-20)29(33(43)46-5-2)31(38)40(25)22-12-7-11-21(16-22)34(35,36)37/h6-16,18,24,26-27H,4-5,17,38H2,1-3H3/t24-,26-,27-/m0/s1. The molecule has 0 fully saturated rings. The number of esters is 2. The predicted octanol–water partition coefficient (Wildman–Crippen LogP) is 5.64. The number of benzene rings is 2. The molecular weight excluding hydrogens is 603 g/mol. The van der Waals surface area contributed by atoms with E-state index in [2.05, 4.69) is 4.98 Å². The number of allylic oxidation sites excluding steroid dienone is 2. The number of anilines is 1. The van der Waals surface area contributed by atoms with Crippen LogP contribution < -0.4 is 15.4 Å². The first-order chi connectivity index (χ1) is 22.0. The summed E-state index contributed by atoms with van der Waals surface area (Å²) in [5.74, 6) is -5.35. The van der Waals surface area contributed by atoms with Crippen LogP contribution in [0.25, 0.3) is 0 Å². The lowest BCUT2D eigenvalue weighted by molar-refractivity contribution is -0.152. The molecule has 0 unspecified atom stereocenters. The van der Waals surface area contributed by atoms with Crippen molar-refractivity contribution in [3.05, 3.63) is 112 Å². The van der Waals surface area contributed by atoms with Crippen molar-refractivity contribution in [1.29, 1.82) is 0 Å². The Bertz CT molecular complexity index is 1720. The van der Waals surface area contributed by atoms with Gasteiger partial charge in [-0.2, -0.15) is 13.2 Å². The topological polar surface area (TPSA) is 121 Å². The number of methoxy groups -OCH3 is 1. The van der Waals surface area contributed by atoms with E-state index in [1.807, 2.05) is 0 Å². The van der Waals surface area contributed by atoms with Crippen LogP contribution in [0.3, 0.4) is 0 Å². The summed E-state index contributed by atoms with van der Waals surface area (Å²) in [6.45, 7) is 3.17. The maximum absolute atomic E-state index is 14.8. The Hall–Kier alpha value is -5.13. The molecule has 0 saturated carbocycles. The van der Waals surface area contributed by atoms with Gasteiger partial charge in [-0.25, -0.2) is 4.79 Å². The Balaban J connectivity index is 1.84. The number of nitrogens with two attached hydrogens (primary N) is 1. The van der Waals surface area contributed by atoms with Gasteiger partial charge in [0, 0.05) is 35.3 Å². The van der Waals surface area contributed by atoms with Gasteiger partial charge in [0.05, 0.1) is 37.4 Å². The van der Waals surface area contributed by atoms with Crippen molar-refractivity contribution in [2.45, 2.75) is 38.3 Å². The molecule has 1 aliphatic heterocycles. The zero-order valence-electron chi connectivity index (χ0n) is 25.3. The van der Waals surface area contributed by atoms with Crippen LogP contribution in [0.5, 0.6) is 5.75 Å². The Labute approximate surface area is 263 Å². The molecule has 2 heterocycles. The lowest BCUT2D eigenvalue weighted by atomic mass is 9.67. The van der Waals surface area contributed by atoms with Gasteiger partial charge in [0.2, 0.25) is 0 Å². The molecule has 0 bridgehead atoms. The van der Waals surface area contributed by atoms with Gasteiger partial charge in [-0.1, -0.05) is 24.3 Å². The molecule has 0 spiro atoms. The third-order valence-corrected chi connectivity index (χ3v) is 8.05. The van der Waals surface area contributed by atoms with Crippen LogP contribution in [-0.4, -0.2) is 43.0 Å². The number of halogens is 3. The van der Waals surface area contributed by atoms with Crippen LogP contribution in [0.2, 0.25) is 0 Å². The van der Waals surface area contributed by atoms with Crippen molar-refractivity contribution >= 4 is 23.4 Å². The summed E-state index contributed by atoms with van der Waals surface area (Å²) in [6.07, 6.45) is -1.75. The molecule has 5 rings (SSSR count). The number of carbonyl (C=O) groups is 3. The number of rotatable bonds is 8. The number of hydrogen-bond acceptors (Lipinski definition) is 9. The highest BCUT2D eigenvalue weighted by atomic mass is 19.4. The van der Waals surface area contributed by atoms with E-state index in [1.54, 1.807) is 50.2 Å². The number of Topliss-reactive ketones (excluding diaryl/α,β-unsaturated/α-hetero) is 1.